The van der Waals surface area contributed by atoms with Crippen molar-refractivity contribution in [2.45, 2.75) is 13.0 Å². The highest BCUT2D eigenvalue weighted by Crippen LogP contribution is 2.25. The molecule has 0 amide bonds. The van der Waals surface area contributed by atoms with Gasteiger partial charge in [0.05, 0.1) is 7.11 Å². The molecule has 19 heavy (non-hydrogen) atoms. The highest BCUT2D eigenvalue weighted by molar-refractivity contribution is 5.48. The summed E-state index contributed by atoms with van der Waals surface area (Å²) in [6.07, 6.45) is 0. The molecule has 0 bridgehead atoms. The molecule has 1 unspecified atom stereocenters. The Morgan fingerprint density at radius 3 is 2.47 bits per heavy atom. The summed E-state index contributed by atoms with van der Waals surface area (Å²) in [4.78, 5) is 0. The molecule has 0 fully saturated rings. The number of phenolic OH excluding ortho intramolecular Hbond substituents is 1. The Kier molecular flexibility index (Phi) is 3.90. The van der Waals surface area contributed by atoms with Crippen LogP contribution in [0.4, 0.5) is 10.1 Å². The largest absolute Gasteiger partial charge is 0.508 e. The van der Waals surface area contributed by atoms with Gasteiger partial charge in [-0.05, 0) is 48.9 Å². The summed E-state index contributed by atoms with van der Waals surface area (Å²) >= 11 is 0. The SMILES string of the molecule is COc1cc(C(C)Nc2ccc(O)cc2)ccc1F. The number of ether oxygens (including phenoxy) is 1. The molecule has 0 aliphatic carbocycles. The molecule has 0 aromatic heterocycles. The van der Waals surface area contributed by atoms with Gasteiger partial charge in [0.15, 0.2) is 11.6 Å². The second kappa shape index (κ2) is 5.61. The number of nitrogens with one attached hydrogen (secondary N) is 1. The number of benzene rings is 2. The fourth-order valence-corrected chi connectivity index (χ4v) is 1.84. The highest BCUT2D eigenvalue weighted by atomic mass is 19.1. The molecule has 4 heteroatoms. The molecule has 100 valence electrons. The van der Waals surface area contributed by atoms with E-state index < -0.39 is 0 Å². The highest BCUT2D eigenvalue weighted by Gasteiger charge is 2.09. The predicted molar refractivity (Wildman–Crippen MR) is 73.1 cm³/mol. The first-order valence-electron chi connectivity index (χ1n) is 5.99. The minimum atomic E-state index is -0.372. The summed E-state index contributed by atoms with van der Waals surface area (Å²) in [6, 6.07) is 11.6. The molecule has 2 aromatic rings. The Labute approximate surface area is 111 Å². The topological polar surface area (TPSA) is 41.5 Å². The average molecular weight is 261 g/mol. The molecule has 3 nitrogen and oxygen atoms in total. The molecule has 0 spiro atoms. The number of methoxy groups -OCH3 is 1. The van der Waals surface area contributed by atoms with Crippen molar-refractivity contribution in [3.63, 3.8) is 0 Å². The number of halogens is 1. The van der Waals surface area contributed by atoms with Crippen LogP contribution in [0, 0.1) is 5.82 Å². The molecule has 2 N–H and O–H groups in total. The summed E-state index contributed by atoms with van der Waals surface area (Å²) in [5.74, 6) is 0.0848. The van der Waals surface area contributed by atoms with Gasteiger partial charge < -0.3 is 15.2 Å². The zero-order valence-corrected chi connectivity index (χ0v) is 10.9. The first kappa shape index (κ1) is 13.2. The van der Waals surface area contributed by atoms with E-state index >= 15 is 0 Å². The molecule has 2 rings (SSSR count). The van der Waals surface area contributed by atoms with Gasteiger partial charge in [0.2, 0.25) is 0 Å². The smallest absolute Gasteiger partial charge is 0.165 e. The zero-order chi connectivity index (χ0) is 13.8. The minimum absolute atomic E-state index is 0.000886. The summed E-state index contributed by atoms with van der Waals surface area (Å²) in [6.45, 7) is 1.97. The summed E-state index contributed by atoms with van der Waals surface area (Å²) < 4.78 is 18.3. The maximum absolute atomic E-state index is 13.3. The van der Waals surface area contributed by atoms with Gasteiger partial charge in [0.25, 0.3) is 0 Å². The quantitative estimate of drug-likeness (QED) is 0.824. The Balaban J connectivity index is 2.15. The Morgan fingerprint density at radius 2 is 1.84 bits per heavy atom. The van der Waals surface area contributed by atoms with Crippen LogP contribution >= 0.6 is 0 Å². The van der Waals surface area contributed by atoms with Crippen LogP contribution < -0.4 is 10.1 Å². The molecule has 0 aliphatic rings. The fourth-order valence-electron chi connectivity index (χ4n) is 1.84. The lowest BCUT2D eigenvalue weighted by molar-refractivity contribution is 0.385. The van der Waals surface area contributed by atoms with E-state index in [0.717, 1.165) is 11.3 Å². The molecular formula is C15H16FNO2. The Morgan fingerprint density at radius 1 is 1.16 bits per heavy atom. The van der Waals surface area contributed by atoms with Gasteiger partial charge >= 0.3 is 0 Å². The number of aromatic hydroxyl groups is 1. The third kappa shape index (κ3) is 3.16. The van der Waals surface area contributed by atoms with Crippen LogP contribution in [0.5, 0.6) is 11.5 Å². The molecule has 1 atom stereocenters. The molecule has 0 heterocycles. The lowest BCUT2D eigenvalue weighted by Gasteiger charge is -2.16. The summed E-state index contributed by atoms with van der Waals surface area (Å²) in [7, 11) is 1.44. The van der Waals surface area contributed by atoms with E-state index in [9.17, 15) is 9.50 Å². The third-order valence-corrected chi connectivity index (χ3v) is 2.93. The van der Waals surface area contributed by atoms with Crippen molar-refractivity contribution in [1.82, 2.24) is 0 Å². The monoisotopic (exact) mass is 261 g/mol. The first-order chi connectivity index (χ1) is 9.10. The van der Waals surface area contributed by atoms with Gasteiger partial charge in [0.1, 0.15) is 5.75 Å². The van der Waals surface area contributed by atoms with Gasteiger partial charge in [-0.3, -0.25) is 0 Å². The van der Waals surface area contributed by atoms with E-state index in [-0.39, 0.29) is 23.4 Å². The number of hydrogen-bond acceptors (Lipinski definition) is 3. The maximum Gasteiger partial charge on any atom is 0.165 e. The van der Waals surface area contributed by atoms with E-state index in [1.54, 1.807) is 36.4 Å². The number of rotatable bonds is 4. The van der Waals surface area contributed by atoms with Crippen molar-refractivity contribution in [2.75, 3.05) is 12.4 Å². The van der Waals surface area contributed by atoms with E-state index in [0.29, 0.717) is 0 Å². The maximum atomic E-state index is 13.3. The summed E-state index contributed by atoms with van der Waals surface area (Å²) in [5, 5.41) is 12.5. The van der Waals surface area contributed by atoms with Gasteiger partial charge in [0, 0.05) is 11.7 Å². The van der Waals surface area contributed by atoms with Gasteiger partial charge in [-0.25, -0.2) is 4.39 Å². The zero-order valence-electron chi connectivity index (χ0n) is 10.9. The van der Waals surface area contributed by atoms with Crippen molar-refractivity contribution < 1.29 is 14.2 Å². The molecular weight excluding hydrogens is 245 g/mol. The number of phenols is 1. The van der Waals surface area contributed by atoms with Crippen LogP contribution in [0.2, 0.25) is 0 Å². The Hall–Kier alpha value is -2.23. The third-order valence-electron chi connectivity index (χ3n) is 2.93. The normalized spacial score (nSPS) is 11.9. The molecule has 2 aromatic carbocycles. The van der Waals surface area contributed by atoms with Crippen LogP contribution in [-0.2, 0) is 0 Å². The summed E-state index contributed by atoms with van der Waals surface area (Å²) in [5.41, 5.74) is 1.81. The predicted octanol–water partition coefficient (Wildman–Crippen LogP) is 3.71. The lowest BCUT2D eigenvalue weighted by atomic mass is 10.1. The minimum Gasteiger partial charge on any atom is -0.508 e. The van der Waals surface area contributed by atoms with Crippen molar-refractivity contribution in [3.8, 4) is 11.5 Å². The van der Waals surface area contributed by atoms with E-state index in [1.807, 2.05) is 6.92 Å². The van der Waals surface area contributed by atoms with Crippen molar-refractivity contribution in [2.24, 2.45) is 0 Å². The van der Waals surface area contributed by atoms with E-state index in [2.05, 4.69) is 5.32 Å². The van der Waals surface area contributed by atoms with Crippen LogP contribution in [0.15, 0.2) is 42.5 Å². The molecule has 0 aliphatic heterocycles. The standard InChI is InChI=1S/C15H16FNO2/c1-10(17-12-4-6-13(18)7-5-12)11-3-8-14(16)15(9-11)19-2/h3-10,17-18H,1-2H3. The van der Waals surface area contributed by atoms with Crippen molar-refractivity contribution in [3.05, 3.63) is 53.8 Å². The van der Waals surface area contributed by atoms with Crippen LogP contribution in [0.1, 0.15) is 18.5 Å². The second-order valence-electron chi connectivity index (χ2n) is 4.31. The van der Waals surface area contributed by atoms with Crippen molar-refractivity contribution in [1.29, 1.82) is 0 Å². The van der Waals surface area contributed by atoms with Crippen LogP contribution in [0.3, 0.4) is 0 Å². The lowest BCUT2D eigenvalue weighted by Crippen LogP contribution is -2.07. The molecule has 0 radical (unpaired) electrons. The second-order valence-corrected chi connectivity index (χ2v) is 4.31. The number of hydrogen-bond donors (Lipinski definition) is 2. The van der Waals surface area contributed by atoms with E-state index in [1.165, 1.54) is 13.2 Å². The first-order valence-corrected chi connectivity index (χ1v) is 5.99. The van der Waals surface area contributed by atoms with Crippen LogP contribution in [-0.4, -0.2) is 12.2 Å². The van der Waals surface area contributed by atoms with Crippen LogP contribution in [0.25, 0.3) is 0 Å². The van der Waals surface area contributed by atoms with Gasteiger partial charge in [-0.2, -0.15) is 0 Å². The van der Waals surface area contributed by atoms with E-state index in [4.69, 9.17) is 4.74 Å². The van der Waals surface area contributed by atoms with Gasteiger partial charge in [-0.15, -0.1) is 0 Å². The fraction of sp³-hybridized carbons (Fsp3) is 0.200. The van der Waals surface area contributed by atoms with Crippen molar-refractivity contribution >= 4 is 5.69 Å². The Bertz CT molecular complexity index is 555. The number of anilines is 1. The van der Waals surface area contributed by atoms with Gasteiger partial charge in [-0.1, -0.05) is 6.07 Å². The molecule has 0 saturated heterocycles. The average Bonchev–Trinajstić information content (AvgIpc) is 2.42. The molecule has 0 saturated carbocycles.